The molecule has 0 aliphatic rings. The number of rotatable bonds is 8. The third-order valence-electron chi connectivity index (χ3n) is 3.77. The minimum absolute atomic E-state index is 0.0147. The van der Waals surface area contributed by atoms with Crippen LogP contribution >= 0.6 is 0 Å². The van der Waals surface area contributed by atoms with E-state index in [-0.39, 0.29) is 17.4 Å². The lowest BCUT2D eigenvalue weighted by Gasteiger charge is -2.07. The molecule has 9 nitrogen and oxygen atoms in total. The predicted molar refractivity (Wildman–Crippen MR) is 103 cm³/mol. The number of carbonyl (C=O) groups is 2. The van der Waals surface area contributed by atoms with Crippen molar-refractivity contribution in [2.75, 3.05) is 6.54 Å². The van der Waals surface area contributed by atoms with Gasteiger partial charge < -0.3 is 24.8 Å². The van der Waals surface area contributed by atoms with E-state index in [2.05, 4.69) is 20.2 Å². The van der Waals surface area contributed by atoms with Gasteiger partial charge >= 0.3 is 18.6 Å². The molecule has 170 valence electrons. The van der Waals surface area contributed by atoms with Crippen molar-refractivity contribution < 1.29 is 42.2 Å². The Kier molecular flexibility index (Phi) is 9.17. The van der Waals surface area contributed by atoms with Crippen LogP contribution in [0.4, 0.5) is 13.2 Å². The number of aliphatic carboxylic acids is 2. The molecule has 32 heavy (non-hydrogen) atoms. The minimum Gasteiger partial charge on any atom is -0.473 e. The number of hydrogen-bond donors (Lipinski definition) is 3. The molecule has 0 amide bonds. The third-order valence-corrected chi connectivity index (χ3v) is 3.77. The minimum atomic E-state index is -2.93. The van der Waals surface area contributed by atoms with Gasteiger partial charge in [0.15, 0.2) is 0 Å². The number of nitrogens with zero attached hydrogens (tertiary/aromatic N) is 2. The Balaban J connectivity index is 0.000000534. The molecule has 1 aromatic heterocycles. The molecule has 3 rings (SSSR count). The van der Waals surface area contributed by atoms with Crippen molar-refractivity contribution in [1.82, 2.24) is 15.5 Å². The van der Waals surface area contributed by atoms with Crippen molar-refractivity contribution >= 4 is 11.9 Å². The lowest BCUT2D eigenvalue weighted by atomic mass is 10.1. The van der Waals surface area contributed by atoms with Gasteiger partial charge in [-0.2, -0.15) is 13.8 Å². The summed E-state index contributed by atoms with van der Waals surface area (Å²) in [5.41, 5.74) is 1.33. The molecule has 0 atom stereocenters. The van der Waals surface area contributed by atoms with Crippen molar-refractivity contribution in [3.05, 3.63) is 65.8 Å². The van der Waals surface area contributed by atoms with Crippen LogP contribution in [0, 0.1) is 5.82 Å². The predicted octanol–water partition coefficient (Wildman–Crippen LogP) is 2.96. The van der Waals surface area contributed by atoms with Crippen molar-refractivity contribution in [3.8, 4) is 17.1 Å². The Morgan fingerprint density at radius 3 is 2.34 bits per heavy atom. The van der Waals surface area contributed by atoms with E-state index >= 15 is 0 Å². The molecule has 0 aliphatic heterocycles. The third kappa shape index (κ3) is 8.07. The van der Waals surface area contributed by atoms with Crippen LogP contribution in [0.2, 0.25) is 0 Å². The van der Waals surface area contributed by atoms with E-state index in [1.54, 1.807) is 30.3 Å². The zero-order chi connectivity index (χ0) is 23.5. The Morgan fingerprint density at radius 2 is 1.72 bits per heavy atom. The average Bonchev–Trinajstić information content (AvgIpc) is 3.21. The molecule has 0 saturated carbocycles. The zero-order valence-electron chi connectivity index (χ0n) is 16.4. The molecule has 3 N–H and O–H groups in total. The highest BCUT2D eigenvalue weighted by atomic mass is 19.3. The molecular weight excluding hydrogens is 435 g/mol. The molecule has 12 heteroatoms. The Labute approximate surface area is 179 Å². The summed E-state index contributed by atoms with van der Waals surface area (Å²) in [4.78, 5) is 22.4. The number of aromatic nitrogens is 2. The van der Waals surface area contributed by atoms with E-state index in [1.165, 1.54) is 18.2 Å². The summed E-state index contributed by atoms with van der Waals surface area (Å²) in [7, 11) is 0. The van der Waals surface area contributed by atoms with Crippen LogP contribution in [-0.4, -0.2) is 45.4 Å². The maximum absolute atomic E-state index is 12.8. The standard InChI is InChI=1S/C18H16F3N3O2.C2H2O4/c19-13-7-5-12(6-8-13)9-10-22-11-16-23-17(24-26-16)14-3-1-2-4-15(14)25-18(20)21;3-1(4)2(5)6/h1-8,18,22H,9-11H2;(H,3,4)(H,5,6). The van der Waals surface area contributed by atoms with Gasteiger partial charge in [-0.15, -0.1) is 0 Å². The summed E-state index contributed by atoms with van der Waals surface area (Å²) < 4.78 is 47.4. The van der Waals surface area contributed by atoms with Crippen molar-refractivity contribution in [1.29, 1.82) is 0 Å². The number of para-hydroxylation sites is 1. The SMILES string of the molecule is Fc1ccc(CCNCc2nc(-c3ccccc3OC(F)F)no2)cc1.O=C(O)C(=O)O. The first-order valence-corrected chi connectivity index (χ1v) is 9.04. The van der Waals surface area contributed by atoms with Gasteiger partial charge in [0.2, 0.25) is 11.7 Å². The molecule has 0 spiro atoms. The number of alkyl halides is 2. The number of nitrogens with one attached hydrogen (secondary N) is 1. The van der Waals surface area contributed by atoms with Crippen LogP contribution in [-0.2, 0) is 22.6 Å². The first kappa shape index (κ1) is 24.3. The van der Waals surface area contributed by atoms with Crippen LogP contribution in [0.3, 0.4) is 0 Å². The molecule has 2 aromatic carbocycles. The van der Waals surface area contributed by atoms with E-state index in [4.69, 9.17) is 24.3 Å². The summed E-state index contributed by atoms with van der Waals surface area (Å²) in [5.74, 6) is -3.43. The van der Waals surface area contributed by atoms with Gasteiger partial charge in [-0.3, -0.25) is 0 Å². The maximum atomic E-state index is 12.8. The monoisotopic (exact) mass is 453 g/mol. The smallest absolute Gasteiger partial charge is 0.414 e. The van der Waals surface area contributed by atoms with Gasteiger partial charge in [-0.05, 0) is 42.8 Å². The molecule has 0 bridgehead atoms. The van der Waals surface area contributed by atoms with Crippen molar-refractivity contribution in [2.24, 2.45) is 0 Å². The van der Waals surface area contributed by atoms with Crippen LogP contribution in [0.1, 0.15) is 11.5 Å². The quantitative estimate of drug-likeness (QED) is 0.347. The van der Waals surface area contributed by atoms with Gasteiger partial charge in [0.05, 0.1) is 12.1 Å². The topological polar surface area (TPSA) is 135 Å². The molecular formula is C20H18F3N3O6. The van der Waals surface area contributed by atoms with Gasteiger partial charge in [0.1, 0.15) is 11.6 Å². The number of benzene rings is 2. The number of carboxylic acids is 2. The largest absolute Gasteiger partial charge is 0.473 e. The van der Waals surface area contributed by atoms with Crippen molar-refractivity contribution in [2.45, 2.75) is 19.6 Å². The molecule has 0 fully saturated rings. The molecule has 1 heterocycles. The van der Waals surface area contributed by atoms with Gasteiger partial charge in [0.25, 0.3) is 0 Å². The highest BCUT2D eigenvalue weighted by Crippen LogP contribution is 2.28. The summed E-state index contributed by atoms with van der Waals surface area (Å²) in [6.45, 7) is -1.98. The van der Waals surface area contributed by atoms with Crippen LogP contribution in [0.5, 0.6) is 5.75 Å². The first-order valence-electron chi connectivity index (χ1n) is 9.04. The lowest BCUT2D eigenvalue weighted by molar-refractivity contribution is -0.159. The fourth-order valence-corrected chi connectivity index (χ4v) is 2.37. The molecule has 3 aromatic rings. The van der Waals surface area contributed by atoms with E-state index < -0.39 is 18.6 Å². The first-order chi connectivity index (χ1) is 15.3. The summed E-state index contributed by atoms with van der Waals surface area (Å²) >= 11 is 0. The van der Waals surface area contributed by atoms with Gasteiger partial charge in [-0.1, -0.05) is 29.4 Å². The normalized spacial score (nSPS) is 10.4. The molecule has 0 radical (unpaired) electrons. The van der Waals surface area contributed by atoms with Crippen LogP contribution < -0.4 is 10.1 Å². The number of ether oxygens (including phenoxy) is 1. The zero-order valence-corrected chi connectivity index (χ0v) is 16.4. The Hall–Kier alpha value is -3.93. The highest BCUT2D eigenvalue weighted by Gasteiger charge is 2.15. The summed E-state index contributed by atoms with van der Waals surface area (Å²) in [6.07, 6.45) is 0.715. The summed E-state index contributed by atoms with van der Waals surface area (Å²) in [5, 5.41) is 21.7. The Bertz CT molecular complexity index is 1020. The lowest BCUT2D eigenvalue weighted by Crippen LogP contribution is -2.16. The second kappa shape index (κ2) is 12.1. The van der Waals surface area contributed by atoms with E-state index in [9.17, 15) is 13.2 Å². The second-order valence-electron chi connectivity index (χ2n) is 6.05. The number of halogens is 3. The van der Waals surface area contributed by atoms with E-state index in [1.807, 2.05) is 0 Å². The van der Waals surface area contributed by atoms with E-state index in [0.717, 1.165) is 5.56 Å². The molecule has 0 aliphatic carbocycles. The second-order valence-corrected chi connectivity index (χ2v) is 6.05. The van der Waals surface area contributed by atoms with Crippen molar-refractivity contribution in [3.63, 3.8) is 0 Å². The highest BCUT2D eigenvalue weighted by molar-refractivity contribution is 6.27. The van der Waals surface area contributed by atoms with E-state index in [0.29, 0.717) is 31.0 Å². The maximum Gasteiger partial charge on any atom is 0.414 e. The van der Waals surface area contributed by atoms with Crippen LogP contribution in [0.15, 0.2) is 53.1 Å². The summed E-state index contributed by atoms with van der Waals surface area (Å²) in [6, 6.07) is 12.5. The number of carboxylic acid groups (broad SMARTS) is 2. The fourth-order valence-electron chi connectivity index (χ4n) is 2.37. The number of hydrogen-bond acceptors (Lipinski definition) is 7. The Morgan fingerprint density at radius 1 is 1.06 bits per heavy atom. The van der Waals surface area contributed by atoms with Crippen LogP contribution in [0.25, 0.3) is 11.4 Å². The van der Waals surface area contributed by atoms with Gasteiger partial charge in [0, 0.05) is 0 Å². The molecule has 0 unspecified atom stereocenters. The molecule has 0 saturated heterocycles. The van der Waals surface area contributed by atoms with Gasteiger partial charge in [-0.25, -0.2) is 14.0 Å². The fraction of sp³-hybridized carbons (Fsp3) is 0.200. The average molecular weight is 453 g/mol.